The van der Waals surface area contributed by atoms with Gasteiger partial charge in [-0.2, -0.15) is 0 Å². The Kier molecular flexibility index (Phi) is 6.27. The summed E-state index contributed by atoms with van der Waals surface area (Å²) in [6.45, 7) is -0.0187. The van der Waals surface area contributed by atoms with Gasteiger partial charge >= 0.3 is 0 Å². The Hall–Kier alpha value is -4.35. The number of fused-ring (bicyclic) bond motifs is 3. The van der Waals surface area contributed by atoms with Gasteiger partial charge in [0.05, 0.1) is 35.2 Å². The lowest BCUT2D eigenvalue weighted by Gasteiger charge is -2.44. The van der Waals surface area contributed by atoms with E-state index in [4.69, 9.17) is 9.47 Å². The van der Waals surface area contributed by atoms with Gasteiger partial charge in [-0.25, -0.2) is 9.29 Å². The fraction of sp³-hybridized carbons (Fsp3) is 0.310. The second-order valence-corrected chi connectivity index (χ2v) is 10.4. The number of aromatic hydroxyl groups is 1. The average molecular weight is 549 g/mol. The van der Waals surface area contributed by atoms with Crippen molar-refractivity contribution in [1.82, 2.24) is 0 Å². The predicted molar refractivity (Wildman–Crippen MR) is 138 cm³/mol. The molecule has 2 amide bonds. The van der Waals surface area contributed by atoms with Crippen molar-refractivity contribution in [3.05, 3.63) is 94.3 Å². The average Bonchev–Trinajstić information content (AvgIpc) is 3.43. The zero-order valence-corrected chi connectivity index (χ0v) is 21.1. The number of benzene rings is 3. The van der Waals surface area contributed by atoms with E-state index in [2.05, 4.69) is 0 Å². The number of para-hydroxylation sites is 1. The number of anilines is 1. The van der Waals surface area contributed by atoms with E-state index >= 15 is 0 Å². The first-order valence-electron chi connectivity index (χ1n) is 12.9. The van der Waals surface area contributed by atoms with Gasteiger partial charge in [0.1, 0.15) is 5.75 Å². The van der Waals surface area contributed by atoms with Crippen LogP contribution in [-0.4, -0.2) is 39.3 Å². The number of hydrogen-bond acceptors (Lipinski definition) is 8. The first-order valence-corrected chi connectivity index (χ1v) is 12.9. The fourth-order valence-corrected chi connectivity index (χ4v) is 6.32. The molecule has 6 atom stereocenters. The van der Waals surface area contributed by atoms with Crippen LogP contribution in [0.15, 0.2) is 72.8 Å². The lowest BCUT2D eigenvalue weighted by Crippen LogP contribution is -2.55. The first-order chi connectivity index (χ1) is 19.2. The Balaban J connectivity index is 1.37. The summed E-state index contributed by atoms with van der Waals surface area (Å²) in [6, 6.07) is 18.0. The second-order valence-electron chi connectivity index (χ2n) is 10.4. The van der Waals surface area contributed by atoms with E-state index in [1.165, 1.54) is 36.4 Å². The van der Waals surface area contributed by atoms with E-state index in [-0.39, 0.29) is 30.8 Å². The summed E-state index contributed by atoms with van der Waals surface area (Å²) in [5.74, 6) is -7.17. The number of non-ortho nitro benzene ring substituents is 1. The Morgan fingerprint density at radius 3 is 2.55 bits per heavy atom. The number of imide groups is 1. The molecular formula is C29H25FN2O8. The number of nitro groups is 1. The molecule has 2 heterocycles. The summed E-state index contributed by atoms with van der Waals surface area (Å²) in [6.07, 6.45) is -0.652. The number of amides is 2. The van der Waals surface area contributed by atoms with Crippen molar-refractivity contribution in [2.75, 3.05) is 11.5 Å². The van der Waals surface area contributed by atoms with Crippen LogP contribution in [0.1, 0.15) is 24.5 Å². The molecule has 2 saturated heterocycles. The maximum atomic E-state index is 14.2. The monoisotopic (exact) mass is 548 g/mol. The van der Waals surface area contributed by atoms with Crippen LogP contribution in [0.3, 0.4) is 0 Å². The Labute approximate surface area is 227 Å². The summed E-state index contributed by atoms with van der Waals surface area (Å²) in [7, 11) is 0. The maximum absolute atomic E-state index is 14.2. The highest BCUT2D eigenvalue weighted by atomic mass is 19.1. The van der Waals surface area contributed by atoms with Gasteiger partial charge in [-0.05, 0) is 48.7 Å². The summed E-state index contributed by atoms with van der Waals surface area (Å²) < 4.78 is 26.3. The number of hydrogen-bond donors (Lipinski definition) is 2. The van der Waals surface area contributed by atoms with Gasteiger partial charge in [0.2, 0.25) is 11.8 Å². The molecule has 3 fully saturated rings. The molecule has 0 aromatic heterocycles. The standard InChI is InChI=1S/C29H25FN2O8/c30-23-11-16(9-10-24(23)33)25-14-22-26-21(12-17(29(22,36)40-25)15-39-20-7-2-1-3-8-20)27(34)31(28(26)35)18-5-4-6-19(13-18)32(37)38/h1-11,13,17,21-22,25-26,33,36H,12,14-15H2/t17-,21+,22+,25+,26+,29-/m1/s1. The van der Waals surface area contributed by atoms with Crippen LogP contribution in [0.2, 0.25) is 0 Å². The molecule has 1 saturated carbocycles. The summed E-state index contributed by atoms with van der Waals surface area (Å²) in [5.41, 5.74) is 0.178. The minimum Gasteiger partial charge on any atom is -0.505 e. The van der Waals surface area contributed by atoms with Gasteiger partial charge < -0.3 is 19.7 Å². The molecule has 2 aliphatic heterocycles. The normalized spacial score (nSPS) is 29.2. The van der Waals surface area contributed by atoms with Crippen LogP contribution in [-0.2, 0) is 14.3 Å². The quantitative estimate of drug-likeness (QED) is 0.267. The number of phenolic OH excluding ortho intramolecular Hbond substituents is 1. The zero-order chi connectivity index (χ0) is 28.2. The number of nitro benzene ring substituents is 1. The van der Waals surface area contributed by atoms with E-state index in [0.717, 1.165) is 11.0 Å². The van der Waals surface area contributed by atoms with Gasteiger partial charge in [-0.1, -0.05) is 30.3 Å². The number of aliphatic hydroxyl groups is 1. The molecule has 2 N–H and O–H groups in total. The number of ether oxygens (including phenoxy) is 2. The van der Waals surface area contributed by atoms with Crippen molar-refractivity contribution in [3.8, 4) is 11.5 Å². The van der Waals surface area contributed by atoms with Crippen molar-refractivity contribution < 1.29 is 38.6 Å². The van der Waals surface area contributed by atoms with Crippen LogP contribution >= 0.6 is 0 Å². The Bertz CT molecular complexity index is 1500. The molecule has 206 valence electrons. The highest BCUT2D eigenvalue weighted by molar-refractivity contribution is 6.22. The van der Waals surface area contributed by atoms with E-state index in [0.29, 0.717) is 11.3 Å². The lowest BCUT2D eigenvalue weighted by molar-refractivity contribution is -0.384. The minimum atomic E-state index is -1.89. The maximum Gasteiger partial charge on any atom is 0.271 e. The molecular weight excluding hydrogens is 523 g/mol. The Morgan fingerprint density at radius 1 is 1.05 bits per heavy atom. The molecule has 3 aromatic carbocycles. The first kappa shape index (κ1) is 25.9. The van der Waals surface area contributed by atoms with E-state index in [1.54, 1.807) is 24.3 Å². The van der Waals surface area contributed by atoms with Crippen LogP contribution in [0.4, 0.5) is 15.8 Å². The van der Waals surface area contributed by atoms with Gasteiger partial charge in [0, 0.05) is 24.0 Å². The van der Waals surface area contributed by atoms with E-state index in [9.17, 15) is 34.3 Å². The van der Waals surface area contributed by atoms with Crippen LogP contribution < -0.4 is 9.64 Å². The number of rotatable bonds is 6. The predicted octanol–water partition coefficient (Wildman–Crippen LogP) is 4.11. The van der Waals surface area contributed by atoms with Crippen LogP contribution in [0, 0.1) is 39.6 Å². The molecule has 10 nitrogen and oxygen atoms in total. The summed E-state index contributed by atoms with van der Waals surface area (Å²) in [5, 5.41) is 33.0. The number of phenols is 1. The van der Waals surface area contributed by atoms with Crippen LogP contribution in [0.25, 0.3) is 0 Å². The van der Waals surface area contributed by atoms with Crippen molar-refractivity contribution in [1.29, 1.82) is 0 Å². The topological polar surface area (TPSA) is 139 Å². The fourth-order valence-electron chi connectivity index (χ4n) is 6.32. The van der Waals surface area contributed by atoms with Gasteiger partial charge in [0.15, 0.2) is 17.4 Å². The Morgan fingerprint density at radius 2 is 1.82 bits per heavy atom. The highest BCUT2D eigenvalue weighted by Crippen LogP contribution is 2.58. The summed E-state index contributed by atoms with van der Waals surface area (Å²) in [4.78, 5) is 39.1. The van der Waals surface area contributed by atoms with Gasteiger partial charge in [-0.3, -0.25) is 19.7 Å². The summed E-state index contributed by atoms with van der Waals surface area (Å²) >= 11 is 0. The number of carbonyl (C=O) groups excluding carboxylic acids is 2. The molecule has 1 aliphatic carbocycles. The SMILES string of the molecule is O=C1[C@H]2[C@H](C[C@H](COc3ccccc3)[C@@]3(O)O[C@H](c4ccc(O)c(F)c4)C[C@@H]23)C(=O)N1c1cccc([N+](=O)[O-])c1. The van der Waals surface area contributed by atoms with E-state index < -0.39 is 63.9 Å². The molecule has 0 radical (unpaired) electrons. The zero-order valence-electron chi connectivity index (χ0n) is 21.1. The molecule has 0 bridgehead atoms. The molecule has 0 spiro atoms. The van der Waals surface area contributed by atoms with E-state index in [1.807, 2.05) is 6.07 Å². The molecule has 0 unspecified atom stereocenters. The number of carbonyl (C=O) groups is 2. The van der Waals surface area contributed by atoms with Crippen molar-refractivity contribution in [2.45, 2.75) is 24.7 Å². The largest absolute Gasteiger partial charge is 0.505 e. The smallest absolute Gasteiger partial charge is 0.271 e. The van der Waals surface area contributed by atoms with Crippen molar-refractivity contribution in [3.63, 3.8) is 0 Å². The number of nitrogens with zero attached hydrogens (tertiary/aromatic N) is 2. The van der Waals surface area contributed by atoms with Crippen molar-refractivity contribution >= 4 is 23.2 Å². The number of halogens is 1. The van der Waals surface area contributed by atoms with Gasteiger partial charge in [0.25, 0.3) is 5.69 Å². The molecule has 3 aliphatic rings. The molecule has 11 heteroatoms. The molecule has 40 heavy (non-hydrogen) atoms. The molecule has 3 aromatic rings. The lowest BCUT2D eigenvalue weighted by atomic mass is 9.64. The second kappa shape index (κ2) is 9.68. The molecule has 6 rings (SSSR count). The highest BCUT2D eigenvalue weighted by Gasteiger charge is 2.67. The third-order valence-electron chi connectivity index (χ3n) is 8.20. The third-order valence-corrected chi connectivity index (χ3v) is 8.20. The van der Waals surface area contributed by atoms with Crippen molar-refractivity contribution in [2.24, 2.45) is 23.7 Å². The third kappa shape index (κ3) is 4.18. The van der Waals surface area contributed by atoms with Gasteiger partial charge in [-0.15, -0.1) is 0 Å². The van der Waals surface area contributed by atoms with Crippen LogP contribution in [0.5, 0.6) is 11.5 Å². The minimum absolute atomic E-state index is 0.0187.